The van der Waals surface area contributed by atoms with Crippen molar-refractivity contribution in [2.45, 2.75) is 57.8 Å². The normalized spacial score (nSPS) is 14.5. The lowest BCUT2D eigenvalue weighted by Gasteiger charge is -2.22. The molecular weight excluding hydrogens is 454 g/mol. The third-order valence-corrected chi connectivity index (χ3v) is 8.95. The van der Waals surface area contributed by atoms with Crippen LogP contribution in [0.4, 0.5) is 0 Å². The Kier molecular flexibility index (Phi) is 6.46. The van der Waals surface area contributed by atoms with E-state index in [4.69, 9.17) is 4.98 Å². The van der Waals surface area contributed by atoms with Gasteiger partial charge in [-0.05, 0) is 82.6 Å². The van der Waals surface area contributed by atoms with Gasteiger partial charge in [0.2, 0.25) is 0 Å². The quantitative estimate of drug-likeness (QED) is 0.240. The average Bonchev–Trinajstić information content (AvgIpc) is 3.38. The molecule has 0 radical (unpaired) electrons. The van der Waals surface area contributed by atoms with Crippen LogP contribution in [0, 0.1) is 0 Å². The standard InChI is InChI=1S/C34H33NS/c1-23(2)28-17-18-35-32(21-28)29-19-30-22-33(27-11-7-4-8-12-27)36-34(30)31(20-29)26-15-13-25(14-16-26)24-9-5-3-6-10-24/h4,7-8,11-24H,3,5-6,9-10H2,1-2H3. The Morgan fingerprint density at radius 1 is 0.750 bits per heavy atom. The zero-order chi connectivity index (χ0) is 24.5. The molecular formula is C34H33NS. The van der Waals surface area contributed by atoms with E-state index in [2.05, 4.69) is 98.8 Å². The molecule has 6 rings (SSSR count). The van der Waals surface area contributed by atoms with Gasteiger partial charge in [-0.1, -0.05) is 87.7 Å². The highest BCUT2D eigenvalue weighted by Crippen LogP contribution is 2.42. The van der Waals surface area contributed by atoms with Gasteiger partial charge in [0.25, 0.3) is 0 Å². The molecule has 1 fully saturated rings. The zero-order valence-electron chi connectivity index (χ0n) is 21.2. The van der Waals surface area contributed by atoms with Crippen molar-refractivity contribution in [3.05, 3.63) is 102 Å². The molecule has 0 N–H and O–H groups in total. The lowest BCUT2D eigenvalue weighted by Crippen LogP contribution is -2.04. The van der Waals surface area contributed by atoms with E-state index in [0.717, 1.165) is 11.6 Å². The fourth-order valence-corrected chi connectivity index (χ4v) is 6.78. The molecule has 5 aromatic rings. The van der Waals surface area contributed by atoms with Crippen LogP contribution >= 0.6 is 11.3 Å². The van der Waals surface area contributed by atoms with Gasteiger partial charge in [-0.25, -0.2) is 0 Å². The fourth-order valence-electron chi connectivity index (χ4n) is 5.59. The monoisotopic (exact) mass is 487 g/mol. The van der Waals surface area contributed by atoms with Gasteiger partial charge < -0.3 is 0 Å². The largest absolute Gasteiger partial charge is 0.256 e. The number of benzene rings is 3. The first-order valence-corrected chi connectivity index (χ1v) is 14.2. The van der Waals surface area contributed by atoms with E-state index in [-0.39, 0.29) is 0 Å². The number of thiophene rings is 1. The van der Waals surface area contributed by atoms with Crippen LogP contribution in [-0.4, -0.2) is 4.98 Å². The van der Waals surface area contributed by atoms with Crippen LogP contribution in [0.15, 0.2) is 91.1 Å². The predicted molar refractivity (Wildman–Crippen MR) is 156 cm³/mol. The molecule has 0 spiro atoms. The summed E-state index contributed by atoms with van der Waals surface area (Å²) in [6, 6.07) is 31.6. The minimum atomic E-state index is 0.480. The Labute approximate surface area is 218 Å². The summed E-state index contributed by atoms with van der Waals surface area (Å²) in [6.07, 6.45) is 8.76. The Morgan fingerprint density at radius 3 is 2.28 bits per heavy atom. The van der Waals surface area contributed by atoms with Gasteiger partial charge in [0.05, 0.1) is 5.69 Å². The molecule has 2 heteroatoms. The molecule has 0 aliphatic heterocycles. The molecule has 0 atom stereocenters. The maximum atomic E-state index is 4.78. The van der Waals surface area contributed by atoms with E-state index in [1.54, 1.807) is 0 Å². The number of pyridine rings is 1. The van der Waals surface area contributed by atoms with Gasteiger partial charge in [-0.3, -0.25) is 4.98 Å². The first-order chi connectivity index (χ1) is 17.7. The van der Waals surface area contributed by atoms with Crippen molar-refractivity contribution < 1.29 is 0 Å². The van der Waals surface area contributed by atoms with E-state index in [0.29, 0.717) is 5.92 Å². The first-order valence-electron chi connectivity index (χ1n) is 13.4. The number of rotatable bonds is 5. The maximum Gasteiger partial charge on any atom is 0.0705 e. The van der Waals surface area contributed by atoms with Gasteiger partial charge in [0.15, 0.2) is 0 Å². The van der Waals surface area contributed by atoms with Gasteiger partial charge in [-0.2, -0.15) is 0 Å². The van der Waals surface area contributed by atoms with Crippen molar-refractivity contribution in [2.24, 2.45) is 0 Å². The smallest absolute Gasteiger partial charge is 0.0705 e. The van der Waals surface area contributed by atoms with Crippen LogP contribution in [0.5, 0.6) is 0 Å². The number of fused-ring (bicyclic) bond motifs is 1. The molecule has 2 heterocycles. The van der Waals surface area contributed by atoms with Crippen LogP contribution in [0.3, 0.4) is 0 Å². The second-order valence-corrected chi connectivity index (χ2v) is 11.6. The second kappa shape index (κ2) is 10.0. The highest BCUT2D eigenvalue weighted by atomic mass is 32.1. The van der Waals surface area contributed by atoms with Crippen molar-refractivity contribution in [1.29, 1.82) is 0 Å². The van der Waals surface area contributed by atoms with Gasteiger partial charge >= 0.3 is 0 Å². The summed E-state index contributed by atoms with van der Waals surface area (Å²) in [6.45, 7) is 4.49. The van der Waals surface area contributed by atoms with E-state index in [9.17, 15) is 0 Å². The summed E-state index contributed by atoms with van der Waals surface area (Å²) >= 11 is 1.90. The van der Waals surface area contributed by atoms with E-state index < -0.39 is 0 Å². The number of aromatic nitrogens is 1. The van der Waals surface area contributed by atoms with Crippen molar-refractivity contribution >= 4 is 21.4 Å². The summed E-state index contributed by atoms with van der Waals surface area (Å²) in [5.41, 5.74) is 8.95. The Morgan fingerprint density at radius 2 is 1.53 bits per heavy atom. The van der Waals surface area contributed by atoms with Gasteiger partial charge in [0, 0.05) is 26.9 Å². The zero-order valence-corrected chi connectivity index (χ0v) is 22.0. The summed E-state index contributed by atoms with van der Waals surface area (Å²) in [5.74, 6) is 1.21. The summed E-state index contributed by atoms with van der Waals surface area (Å²) < 4.78 is 1.35. The predicted octanol–water partition coefficient (Wildman–Crippen LogP) is 10.5. The number of hydrogen-bond donors (Lipinski definition) is 0. The Bertz CT molecular complexity index is 1470. The van der Waals surface area contributed by atoms with Crippen LogP contribution in [0.1, 0.15) is 68.9 Å². The topological polar surface area (TPSA) is 12.9 Å². The van der Waals surface area contributed by atoms with Crippen molar-refractivity contribution in [1.82, 2.24) is 4.98 Å². The van der Waals surface area contributed by atoms with Crippen molar-refractivity contribution in [3.63, 3.8) is 0 Å². The van der Waals surface area contributed by atoms with Crippen molar-refractivity contribution in [2.75, 3.05) is 0 Å². The van der Waals surface area contributed by atoms with E-state index in [1.165, 1.54) is 80.4 Å². The highest BCUT2D eigenvalue weighted by molar-refractivity contribution is 7.22. The molecule has 2 aromatic heterocycles. The number of nitrogens with zero attached hydrogens (tertiary/aromatic N) is 1. The fraction of sp³-hybridized carbons (Fsp3) is 0.265. The van der Waals surface area contributed by atoms with Crippen molar-refractivity contribution in [3.8, 4) is 32.8 Å². The van der Waals surface area contributed by atoms with Crippen LogP contribution in [0.2, 0.25) is 0 Å². The molecule has 1 saturated carbocycles. The highest BCUT2D eigenvalue weighted by Gasteiger charge is 2.17. The summed E-state index contributed by atoms with van der Waals surface area (Å²) in [5, 5.41) is 1.29. The summed E-state index contributed by atoms with van der Waals surface area (Å²) in [4.78, 5) is 6.09. The second-order valence-electron chi connectivity index (χ2n) is 10.5. The third-order valence-electron chi connectivity index (χ3n) is 7.72. The van der Waals surface area contributed by atoms with E-state index in [1.807, 2.05) is 17.5 Å². The van der Waals surface area contributed by atoms with Gasteiger partial charge in [-0.15, -0.1) is 11.3 Å². The van der Waals surface area contributed by atoms with E-state index >= 15 is 0 Å². The molecule has 1 aliphatic carbocycles. The minimum absolute atomic E-state index is 0.480. The maximum absolute atomic E-state index is 4.78. The number of hydrogen-bond acceptors (Lipinski definition) is 2. The summed E-state index contributed by atoms with van der Waals surface area (Å²) in [7, 11) is 0. The average molecular weight is 488 g/mol. The molecule has 0 bridgehead atoms. The first kappa shape index (κ1) is 23.2. The lowest BCUT2D eigenvalue weighted by atomic mass is 9.83. The van der Waals surface area contributed by atoms with Crippen LogP contribution in [-0.2, 0) is 0 Å². The third kappa shape index (κ3) is 4.63. The van der Waals surface area contributed by atoms with Crippen LogP contribution < -0.4 is 0 Å². The molecule has 3 aromatic carbocycles. The lowest BCUT2D eigenvalue weighted by molar-refractivity contribution is 0.443. The molecule has 0 saturated heterocycles. The molecule has 0 amide bonds. The molecule has 36 heavy (non-hydrogen) atoms. The molecule has 180 valence electrons. The van der Waals surface area contributed by atoms with Crippen LogP contribution in [0.25, 0.3) is 42.9 Å². The Hall–Kier alpha value is -3.23. The molecule has 0 unspecified atom stereocenters. The minimum Gasteiger partial charge on any atom is -0.256 e. The Balaban J connectivity index is 1.48. The molecule has 1 aliphatic rings. The van der Waals surface area contributed by atoms with Gasteiger partial charge in [0.1, 0.15) is 0 Å². The SMILES string of the molecule is CC(C)c1ccnc(-c2cc(-c3ccc(C4CCCCC4)cc3)c3sc(-c4ccccc4)cc3c2)c1. The molecule has 1 nitrogen and oxygen atoms in total.